The van der Waals surface area contributed by atoms with E-state index >= 15 is 0 Å². The van der Waals surface area contributed by atoms with Gasteiger partial charge in [0, 0.05) is 11.6 Å². The van der Waals surface area contributed by atoms with E-state index in [-0.39, 0.29) is 6.04 Å². The summed E-state index contributed by atoms with van der Waals surface area (Å²) in [5.74, 6) is 0. The molecule has 0 aliphatic rings. The fourth-order valence-electron chi connectivity index (χ4n) is 1.77. The van der Waals surface area contributed by atoms with Crippen LogP contribution in [0, 0.1) is 6.92 Å². The topological polar surface area (TPSA) is 24.9 Å². The van der Waals surface area contributed by atoms with Crippen molar-refractivity contribution in [3.8, 4) is 0 Å². The third-order valence-electron chi connectivity index (χ3n) is 2.71. The van der Waals surface area contributed by atoms with Gasteiger partial charge in [0.05, 0.1) is 6.04 Å². The smallest absolute Gasteiger partial charge is 0.114 e. The van der Waals surface area contributed by atoms with Crippen LogP contribution in [0.15, 0.2) is 35.8 Å². The van der Waals surface area contributed by atoms with Crippen LogP contribution in [-0.4, -0.2) is 11.5 Å². The standard InChI is InChI=1S/C14H18N2S/c1-3-8-15-13(14-16-9-10-17-14)12-6-4-11(2)5-7-12/h4-7,9-10,13,15H,3,8H2,1-2H3. The lowest BCUT2D eigenvalue weighted by molar-refractivity contribution is 0.596. The van der Waals surface area contributed by atoms with E-state index in [2.05, 4.69) is 48.4 Å². The van der Waals surface area contributed by atoms with Crippen LogP contribution < -0.4 is 5.32 Å². The lowest BCUT2D eigenvalue weighted by Gasteiger charge is -2.16. The van der Waals surface area contributed by atoms with Crippen LogP contribution in [0.25, 0.3) is 0 Å². The lowest BCUT2D eigenvalue weighted by atomic mass is 10.1. The Balaban J connectivity index is 2.23. The highest BCUT2D eigenvalue weighted by molar-refractivity contribution is 7.09. The summed E-state index contributed by atoms with van der Waals surface area (Å²) in [5.41, 5.74) is 2.58. The highest BCUT2D eigenvalue weighted by atomic mass is 32.1. The highest BCUT2D eigenvalue weighted by Crippen LogP contribution is 2.24. The van der Waals surface area contributed by atoms with Gasteiger partial charge in [0.25, 0.3) is 0 Å². The number of aryl methyl sites for hydroxylation is 1. The van der Waals surface area contributed by atoms with Gasteiger partial charge in [-0.2, -0.15) is 0 Å². The molecular formula is C14H18N2S. The number of benzene rings is 1. The molecule has 2 aromatic rings. The molecule has 0 aliphatic heterocycles. The fourth-order valence-corrected chi connectivity index (χ4v) is 2.51. The Labute approximate surface area is 107 Å². The molecule has 0 fully saturated rings. The number of nitrogens with zero attached hydrogens (tertiary/aromatic N) is 1. The molecular weight excluding hydrogens is 228 g/mol. The Hall–Kier alpha value is -1.19. The van der Waals surface area contributed by atoms with E-state index in [0.717, 1.165) is 18.0 Å². The van der Waals surface area contributed by atoms with Crippen molar-refractivity contribution in [3.63, 3.8) is 0 Å². The normalized spacial score (nSPS) is 12.6. The SMILES string of the molecule is CCCNC(c1ccc(C)cc1)c1nccs1. The van der Waals surface area contributed by atoms with Crippen molar-refractivity contribution < 1.29 is 0 Å². The van der Waals surface area contributed by atoms with Crippen LogP contribution in [0.2, 0.25) is 0 Å². The van der Waals surface area contributed by atoms with Gasteiger partial charge in [0.2, 0.25) is 0 Å². The molecule has 1 aromatic heterocycles. The van der Waals surface area contributed by atoms with Gasteiger partial charge < -0.3 is 5.32 Å². The zero-order valence-electron chi connectivity index (χ0n) is 10.3. The van der Waals surface area contributed by atoms with Gasteiger partial charge in [-0.15, -0.1) is 11.3 Å². The second kappa shape index (κ2) is 5.94. The molecule has 0 radical (unpaired) electrons. The first-order chi connectivity index (χ1) is 8.31. The van der Waals surface area contributed by atoms with E-state index < -0.39 is 0 Å². The molecule has 1 unspecified atom stereocenters. The zero-order chi connectivity index (χ0) is 12.1. The quantitative estimate of drug-likeness (QED) is 0.873. The summed E-state index contributed by atoms with van der Waals surface area (Å²) in [4.78, 5) is 4.42. The van der Waals surface area contributed by atoms with Crippen molar-refractivity contribution in [2.45, 2.75) is 26.3 Å². The predicted molar refractivity (Wildman–Crippen MR) is 73.4 cm³/mol. The summed E-state index contributed by atoms with van der Waals surface area (Å²) in [6.45, 7) is 5.31. The molecule has 1 atom stereocenters. The predicted octanol–water partition coefficient (Wildman–Crippen LogP) is 3.54. The number of thiazole rings is 1. The molecule has 0 amide bonds. The minimum absolute atomic E-state index is 0.232. The Morgan fingerprint density at radius 3 is 2.65 bits per heavy atom. The maximum Gasteiger partial charge on any atom is 0.114 e. The molecule has 17 heavy (non-hydrogen) atoms. The summed E-state index contributed by atoms with van der Waals surface area (Å²) < 4.78 is 0. The fraction of sp³-hybridized carbons (Fsp3) is 0.357. The van der Waals surface area contributed by atoms with Crippen molar-refractivity contribution >= 4 is 11.3 Å². The second-order valence-electron chi connectivity index (χ2n) is 4.17. The van der Waals surface area contributed by atoms with E-state index in [4.69, 9.17) is 0 Å². The average Bonchev–Trinajstić information content (AvgIpc) is 2.85. The zero-order valence-corrected chi connectivity index (χ0v) is 11.1. The summed E-state index contributed by atoms with van der Waals surface area (Å²) in [6, 6.07) is 8.91. The first kappa shape index (κ1) is 12.3. The van der Waals surface area contributed by atoms with Gasteiger partial charge in [0.15, 0.2) is 0 Å². The second-order valence-corrected chi connectivity index (χ2v) is 5.09. The molecule has 0 saturated heterocycles. The number of aromatic nitrogens is 1. The maximum absolute atomic E-state index is 4.42. The molecule has 0 aliphatic carbocycles. The Bertz CT molecular complexity index is 434. The van der Waals surface area contributed by atoms with Gasteiger partial charge >= 0.3 is 0 Å². The average molecular weight is 246 g/mol. The van der Waals surface area contributed by atoms with E-state index in [1.165, 1.54) is 11.1 Å². The first-order valence-electron chi connectivity index (χ1n) is 6.00. The van der Waals surface area contributed by atoms with E-state index in [0.29, 0.717) is 0 Å². The maximum atomic E-state index is 4.42. The van der Waals surface area contributed by atoms with Crippen LogP contribution in [0.1, 0.15) is 35.5 Å². The van der Waals surface area contributed by atoms with Crippen LogP contribution in [0.4, 0.5) is 0 Å². The lowest BCUT2D eigenvalue weighted by Crippen LogP contribution is -2.23. The molecule has 1 heterocycles. The number of hydrogen-bond acceptors (Lipinski definition) is 3. The monoisotopic (exact) mass is 246 g/mol. The number of rotatable bonds is 5. The van der Waals surface area contributed by atoms with Crippen LogP contribution >= 0.6 is 11.3 Å². The van der Waals surface area contributed by atoms with Crippen molar-refractivity contribution in [2.24, 2.45) is 0 Å². The Morgan fingerprint density at radius 1 is 1.29 bits per heavy atom. The molecule has 0 bridgehead atoms. The molecule has 3 heteroatoms. The van der Waals surface area contributed by atoms with Gasteiger partial charge in [-0.05, 0) is 25.5 Å². The molecule has 1 aromatic carbocycles. The molecule has 2 nitrogen and oxygen atoms in total. The van der Waals surface area contributed by atoms with E-state index in [1.807, 2.05) is 11.6 Å². The van der Waals surface area contributed by atoms with Crippen LogP contribution in [0.5, 0.6) is 0 Å². The largest absolute Gasteiger partial charge is 0.304 e. The summed E-state index contributed by atoms with van der Waals surface area (Å²) in [5, 5.41) is 6.73. The highest BCUT2D eigenvalue weighted by Gasteiger charge is 2.15. The van der Waals surface area contributed by atoms with Crippen molar-refractivity contribution in [1.29, 1.82) is 0 Å². The molecule has 2 rings (SSSR count). The number of nitrogens with one attached hydrogen (secondary N) is 1. The molecule has 0 saturated carbocycles. The third kappa shape index (κ3) is 3.14. The Morgan fingerprint density at radius 2 is 2.06 bits per heavy atom. The minimum atomic E-state index is 0.232. The minimum Gasteiger partial charge on any atom is -0.304 e. The van der Waals surface area contributed by atoms with E-state index in [9.17, 15) is 0 Å². The first-order valence-corrected chi connectivity index (χ1v) is 6.88. The molecule has 90 valence electrons. The summed E-state index contributed by atoms with van der Waals surface area (Å²) in [6.07, 6.45) is 3.00. The summed E-state index contributed by atoms with van der Waals surface area (Å²) >= 11 is 1.71. The van der Waals surface area contributed by atoms with Crippen LogP contribution in [-0.2, 0) is 0 Å². The van der Waals surface area contributed by atoms with Gasteiger partial charge in [-0.25, -0.2) is 4.98 Å². The molecule has 1 N–H and O–H groups in total. The van der Waals surface area contributed by atoms with Gasteiger partial charge in [0.1, 0.15) is 5.01 Å². The van der Waals surface area contributed by atoms with Gasteiger partial charge in [-0.1, -0.05) is 36.8 Å². The summed E-state index contributed by atoms with van der Waals surface area (Å²) in [7, 11) is 0. The van der Waals surface area contributed by atoms with E-state index in [1.54, 1.807) is 11.3 Å². The van der Waals surface area contributed by atoms with Crippen molar-refractivity contribution in [1.82, 2.24) is 10.3 Å². The third-order valence-corrected chi connectivity index (χ3v) is 3.55. The van der Waals surface area contributed by atoms with Crippen molar-refractivity contribution in [3.05, 3.63) is 52.0 Å². The van der Waals surface area contributed by atoms with Crippen molar-refractivity contribution in [2.75, 3.05) is 6.54 Å². The number of hydrogen-bond donors (Lipinski definition) is 1. The molecule has 0 spiro atoms. The van der Waals surface area contributed by atoms with Gasteiger partial charge in [-0.3, -0.25) is 0 Å². The van der Waals surface area contributed by atoms with Crippen LogP contribution in [0.3, 0.4) is 0 Å². The Kier molecular flexibility index (Phi) is 4.29.